The number of rotatable bonds is 3. The number of nitrogens with zero attached hydrogens (tertiary/aromatic N) is 3. The molecule has 0 fully saturated rings. The van der Waals surface area contributed by atoms with Gasteiger partial charge in [-0.1, -0.05) is 54.1 Å². The Morgan fingerprint density at radius 1 is 1.12 bits per heavy atom. The van der Waals surface area contributed by atoms with Gasteiger partial charge in [0.1, 0.15) is 6.17 Å². The molecule has 4 rings (SSSR count). The molecule has 0 bridgehead atoms. The van der Waals surface area contributed by atoms with Crippen molar-refractivity contribution in [2.75, 3.05) is 13.1 Å². The van der Waals surface area contributed by atoms with E-state index in [9.17, 15) is 0 Å². The van der Waals surface area contributed by atoms with Gasteiger partial charge in [0, 0.05) is 18.1 Å². The summed E-state index contributed by atoms with van der Waals surface area (Å²) >= 11 is 6.11. The van der Waals surface area contributed by atoms with Crippen LogP contribution in [0.15, 0.2) is 65.7 Å². The van der Waals surface area contributed by atoms with Crippen molar-refractivity contribution in [2.24, 2.45) is 10.7 Å². The topological polar surface area (TPSA) is 44.9 Å². The van der Waals surface area contributed by atoms with E-state index in [1.165, 1.54) is 5.56 Å². The van der Waals surface area contributed by atoms with Crippen molar-refractivity contribution in [1.29, 1.82) is 0 Å². The first-order chi connectivity index (χ1) is 11.7. The molecule has 24 heavy (non-hydrogen) atoms. The molecule has 2 aromatic carbocycles. The summed E-state index contributed by atoms with van der Waals surface area (Å²) in [5.74, 6) is 0.948. The smallest absolute Gasteiger partial charge is 0.203 e. The minimum Gasteiger partial charge on any atom is -0.319 e. The van der Waals surface area contributed by atoms with Crippen LogP contribution < -0.4 is 5.73 Å². The number of hydrogen-bond donors (Lipinski definition) is 1. The van der Waals surface area contributed by atoms with Gasteiger partial charge in [-0.3, -0.25) is 4.99 Å². The maximum Gasteiger partial charge on any atom is 0.203 e. The van der Waals surface area contributed by atoms with Gasteiger partial charge in [-0.2, -0.15) is 0 Å². The van der Waals surface area contributed by atoms with E-state index in [0.717, 1.165) is 35.3 Å². The molecule has 0 amide bonds. The van der Waals surface area contributed by atoms with Crippen molar-refractivity contribution in [2.45, 2.75) is 12.7 Å². The van der Waals surface area contributed by atoms with Gasteiger partial charge in [0.2, 0.25) is 5.96 Å². The zero-order valence-corrected chi connectivity index (χ0v) is 14.0. The maximum absolute atomic E-state index is 6.46. The van der Waals surface area contributed by atoms with E-state index >= 15 is 0 Å². The molecule has 0 spiro atoms. The van der Waals surface area contributed by atoms with E-state index in [-0.39, 0.29) is 6.17 Å². The van der Waals surface area contributed by atoms with E-state index in [1.807, 2.05) is 36.4 Å². The number of hydrogen-bond acceptors (Lipinski definition) is 4. The summed E-state index contributed by atoms with van der Waals surface area (Å²) in [5.41, 5.74) is 9.90. The first-order valence-electron chi connectivity index (χ1n) is 8.08. The summed E-state index contributed by atoms with van der Waals surface area (Å²) in [6.45, 7) is 2.36. The number of fused-ring (bicyclic) bond motifs is 1. The molecule has 0 aliphatic carbocycles. The molecule has 122 valence electrons. The lowest BCUT2D eigenvalue weighted by atomic mass is 10.1. The maximum atomic E-state index is 6.46. The Kier molecular flexibility index (Phi) is 4.00. The lowest BCUT2D eigenvalue weighted by Gasteiger charge is -2.40. The van der Waals surface area contributed by atoms with Crippen molar-refractivity contribution < 1.29 is 0 Å². The summed E-state index contributed by atoms with van der Waals surface area (Å²) < 4.78 is 0. The molecule has 0 aromatic heterocycles. The molecule has 0 saturated carbocycles. The highest BCUT2D eigenvalue weighted by molar-refractivity contribution is 6.30. The van der Waals surface area contributed by atoms with E-state index in [1.54, 1.807) is 0 Å². The van der Waals surface area contributed by atoms with Crippen LogP contribution in [0.1, 0.15) is 11.1 Å². The zero-order chi connectivity index (χ0) is 16.5. The molecular formula is C19H19ClN4. The second-order valence-electron chi connectivity index (χ2n) is 6.00. The van der Waals surface area contributed by atoms with Gasteiger partial charge in [0.15, 0.2) is 0 Å². The second-order valence-corrected chi connectivity index (χ2v) is 6.44. The van der Waals surface area contributed by atoms with E-state index in [2.05, 4.69) is 34.1 Å². The number of benzene rings is 2. The first kappa shape index (κ1) is 15.2. The van der Waals surface area contributed by atoms with E-state index in [0.29, 0.717) is 6.54 Å². The SMILES string of the molecule is NC1C=C(c2ccccc2)N2CCN=C2N1Cc1cccc(Cl)c1. The van der Waals surface area contributed by atoms with Crippen molar-refractivity contribution in [1.82, 2.24) is 9.80 Å². The van der Waals surface area contributed by atoms with Crippen molar-refractivity contribution >= 4 is 23.3 Å². The van der Waals surface area contributed by atoms with Crippen molar-refractivity contribution in [3.63, 3.8) is 0 Å². The molecule has 0 saturated heterocycles. The van der Waals surface area contributed by atoms with Crippen LogP contribution in [0.25, 0.3) is 5.70 Å². The molecule has 2 aliphatic rings. The van der Waals surface area contributed by atoms with Gasteiger partial charge in [-0.25, -0.2) is 0 Å². The average Bonchev–Trinajstić information content (AvgIpc) is 3.07. The molecule has 2 heterocycles. The first-order valence-corrected chi connectivity index (χ1v) is 8.46. The fourth-order valence-corrected chi connectivity index (χ4v) is 3.47. The van der Waals surface area contributed by atoms with Crippen molar-refractivity contribution in [3.8, 4) is 0 Å². The Morgan fingerprint density at radius 3 is 2.75 bits per heavy atom. The van der Waals surface area contributed by atoms with Crippen LogP contribution in [0.2, 0.25) is 5.02 Å². The van der Waals surface area contributed by atoms with Crippen molar-refractivity contribution in [3.05, 3.63) is 76.8 Å². The molecule has 2 aliphatic heterocycles. The van der Waals surface area contributed by atoms with Crippen LogP contribution in [-0.4, -0.2) is 35.0 Å². The van der Waals surface area contributed by atoms with Gasteiger partial charge in [0.25, 0.3) is 0 Å². The predicted octanol–water partition coefficient (Wildman–Crippen LogP) is 3.15. The molecule has 1 atom stereocenters. The number of halogens is 1. The molecule has 2 aromatic rings. The van der Waals surface area contributed by atoms with Crippen LogP contribution in [0.4, 0.5) is 0 Å². The molecular weight excluding hydrogens is 320 g/mol. The summed E-state index contributed by atoms with van der Waals surface area (Å²) in [6, 6.07) is 18.2. The summed E-state index contributed by atoms with van der Waals surface area (Å²) in [6.07, 6.45) is 1.90. The Balaban J connectivity index is 1.67. The quantitative estimate of drug-likeness (QED) is 0.935. The third-order valence-electron chi connectivity index (χ3n) is 4.37. The summed E-state index contributed by atoms with van der Waals surface area (Å²) in [4.78, 5) is 9.08. The number of nitrogens with two attached hydrogens (primary N) is 1. The third kappa shape index (κ3) is 2.79. The fraction of sp³-hybridized carbons (Fsp3) is 0.211. The third-order valence-corrected chi connectivity index (χ3v) is 4.60. The Morgan fingerprint density at radius 2 is 1.96 bits per heavy atom. The lowest BCUT2D eigenvalue weighted by Crippen LogP contribution is -2.53. The van der Waals surface area contributed by atoms with Gasteiger partial charge in [0.05, 0.1) is 12.2 Å². The van der Waals surface area contributed by atoms with Crippen LogP contribution in [0.3, 0.4) is 0 Å². The van der Waals surface area contributed by atoms with Crippen LogP contribution in [0, 0.1) is 0 Å². The molecule has 0 radical (unpaired) electrons. The number of guanidine groups is 1. The second kappa shape index (κ2) is 6.30. The highest BCUT2D eigenvalue weighted by atomic mass is 35.5. The highest BCUT2D eigenvalue weighted by Crippen LogP contribution is 2.29. The highest BCUT2D eigenvalue weighted by Gasteiger charge is 2.33. The largest absolute Gasteiger partial charge is 0.319 e. The monoisotopic (exact) mass is 338 g/mol. The lowest BCUT2D eigenvalue weighted by molar-refractivity contribution is 0.312. The summed E-state index contributed by atoms with van der Waals surface area (Å²) in [7, 11) is 0. The van der Waals surface area contributed by atoms with Gasteiger partial charge < -0.3 is 15.5 Å². The van der Waals surface area contributed by atoms with Crippen LogP contribution >= 0.6 is 11.6 Å². The molecule has 2 N–H and O–H groups in total. The predicted molar refractivity (Wildman–Crippen MR) is 98.4 cm³/mol. The van der Waals surface area contributed by atoms with E-state index < -0.39 is 0 Å². The Labute approximate surface area is 146 Å². The van der Waals surface area contributed by atoms with Gasteiger partial charge in [-0.05, 0) is 29.3 Å². The average molecular weight is 339 g/mol. The Bertz CT molecular complexity index is 800. The normalized spacial score (nSPS) is 19.8. The van der Waals surface area contributed by atoms with Crippen LogP contribution in [0.5, 0.6) is 0 Å². The molecule has 1 unspecified atom stereocenters. The minimum absolute atomic E-state index is 0.215. The number of aliphatic imine (C=N–C) groups is 1. The standard InChI is InChI=1S/C19H19ClN4/c20-16-8-4-5-14(11-16)13-24-18(21)12-17(15-6-2-1-3-7-15)23-10-9-22-19(23)24/h1-8,11-12,18H,9-10,13,21H2. The summed E-state index contributed by atoms with van der Waals surface area (Å²) in [5, 5.41) is 0.740. The molecule has 5 heteroatoms. The molecule has 4 nitrogen and oxygen atoms in total. The van der Waals surface area contributed by atoms with Crippen LogP contribution in [-0.2, 0) is 6.54 Å². The van der Waals surface area contributed by atoms with Gasteiger partial charge >= 0.3 is 0 Å². The Hall–Kier alpha value is -2.30. The minimum atomic E-state index is -0.215. The van der Waals surface area contributed by atoms with E-state index in [4.69, 9.17) is 22.3 Å². The van der Waals surface area contributed by atoms with Gasteiger partial charge in [-0.15, -0.1) is 0 Å². The fourth-order valence-electron chi connectivity index (χ4n) is 3.25. The zero-order valence-electron chi connectivity index (χ0n) is 13.3.